The summed E-state index contributed by atoms with van der Waals surface area (Å²) in [7, 11) is 0. The molecule has 0 unspecified atom stereocenters. The third-order valence-electron chi connectivity index (χ3n) is 8.03. The highest BCUT2D eigenvalue weighted by Gasteiger charge is 2.29. The molecule has 0 atom stereocenters. The predicted octanol–water partition coefficient (Wildman–Crippen LogP) is 5.67. The van der Waals surface area contributed by atoms with Crippen molar-refractivity contribution >= 4 is 75.4 Å². The van der Waals surface area contributed by atoms with Crippen LogP contribution in [-0.4, -0.2) is 20.4 Å². The average Bonchev–Trinajstić information content (AvgIpc) is 2.82. The van der Waals surface area contributed by atoms with Crippen molar-refractivity contribution in [3.63, 3.8) is 0 Å². The van der Waals surface area contributed by atoms with Crippen LogP contribution in [0.15, 0.2) is 46.0 Å². The first kappa shape index (κ1) is 19.5. The smallest absolute Gasteiger partial charge is 0.190 e. The van der Waals surface area contributed by atoms with Crippen molar-refractivity contribution in [2.75, 3.05) is 0 Å². The van der Waals surface area contributed by atoms with E-state index in [0.29, 0.717) is 53.9 Å². The van der Waals surface area contributed by atoms with E-state index in [-0.39, 0.29) is 33.8 Å². The fourth-order valence-electron chi connectivity index (χ4n) is 6.75. The molecule has 8 rings (SSSR count). The topological polar surface area (TPSA) is 115 Å². The molecule has 8 aromatic carbocycles. The summed E-state index contributed by atoms with van der Waals surface area (Å²) in [5.41, 5.74) is 0.627. The first-order valence-corrected chi connectivity index (χ1v) is 11.5. The standard InChI is InChI=1S/C30H16O6/c1-9-3-15(31)11-5-13-17(33)7-19(35)27-25(13)29-23(11)21(9)22-10(2)4-16(32)12-6-14-18(34)8-20(36)28(27)26(14)30(29)24(12)22/h3-8,31-34H,1-2H3. The monoisotopic (exact) mass is 472 g/mol. The summed E-state index contributed by atoms with van der Waals surface area (Å²) in [6.07, 6.45) is 0. The minimum Gasteiger partial charge on any atom is -0.507 e. The van der Waals surface area contributed by atoms with E-state index >= 15 is 0 Å². The normalized spacial score (nSPS) is 12.8. The summed E-state index contributed by atoms with van der Waals surface area (Å²) >= 11 is 0. The zero-order valence-electron chi connectivity index (χ0n) is 19.1. The van der Waals surface area contributed by atoms with Gasteiger partial charge in [-0.2, -0.15) is 0 Å². The molecular weight excluding hydrogens is 456 g/mol. The van der Waals surface area contributed by atoms with E-state index in [1.165, 1.54) is 0 Å². The van der Waals surface area contributed by atoms with Gasteiger partial charge in [0.1, 0.15) is 23.0 Å². The largest absolute Gasteiger partial charge is 0.507 e. The molecule has 36 heavy (non-hydrogen) atoms. The summed E-state index contributed by atoms with van der Waals surface area (Å²) in [4.78, 5) is 26.7. The van der Waals surface area contributed by atoms with Gasteiger partial charge in [-0.25, -0.2) is 0 Å². The second-order valence-electron chi connectivity index (χ2n) is 9.91. The lowest BCUT2D eigenvalue weighted by Crippen LogP contribution is -2.10. The number of phenolic OH excluding ortho intramolecular Hbond substituents is 4. The van der Waals surface area contributed by atoms with E-state index in [9.17, 15) is 30.0 Å². The van der Waals surface area contributed by atoms with Crippen molar-refractivity contribution in [3.8, 4) is 23.0 Å². The van der Waals surface area contributed by atoms with Gasteiger partial charge in [0.2, 0.25) is 0 Å². The Balaban J connectivity index is 2.01. The van der Waals surface area contributed by atoms with Crippen LogP contribution < -0.4 is 10.9 Å². The van der Waals surface area contributed by atoms with Gasteiger partial charge in [0.15, 0.2) is 10.9 Å². The summed E-state index contributed by atoms with van der Waals surface area (Å²) in [6.45, 7) is 3.79. The maximum absolute atomic E-state index is 13.4. The fourth-order valence-corrected chi connectivity index (χ4v) is 6.75. The van der Waals surface area contributed by atoms with Gasteiger partial charge < -0.3 is 20.4 Å². The number of hydrogen-bond donors (Lipinski definition) is 4. The predicted molar refractivity (Wildman–Crippen MR) is 142 cm³/mol. The zero-order chi connectivity index (χ0) is 24.9. The van der Waals surface area contributed by atoms with E-state index in [1.54, 1.807) is 24.3 Å². The van der Waals surface area contributed by atoms with Crippen molar-refractivity contribution in [1.29, 1.82) is 0 Å². The number of fused-ring (bicyclic) bond motifs is 2. The fraction of sp³-hybridized carbons (Fsp3) is 0.0667. The summed E-state index contributed by atoms with van der Waals surface area (Å²) in [6, 6.07) is 8.87. The second kappa shape index (κ2) is 5.69. The van der Waals surface area contributed by atoms with Crippen LogP contribution in [0.5, 0.6) is 23.0 Å². The third-order valence-corrected chi connectivity index (χ3v) is 8.03. The van der Waals surface area contributed by atoms with Gasteiger partial charge in [-0.1, -0.05) is 0 Å². The van der Waals surface area contributed by atoms with Gasteiger partial charge in [-0.05, 0) is 60.0 Å². The number of hydrogen-bond acceptors (Lipinski definition) is 6. The molecule has 0 aliphatic rings. The molecule has 0 spiro atoms. The molecular formula is C30H16O6. The molecule has 0 saturated heterocycles. The van der Waals surface area contributed by atoms with E-state index in [0.717, 1.165) is 34.0 Å². The maximum atomic E-state index is 13.4. The number of rotatable bonds is 0. The Labute approximate surface area is 200 Å². The highest BCUT2D eigenvalue weighted by atomic mass is 16.3. The second-order valence-corrected chi connectivity index (χ2v) is 9.91. The number of aromatic hydroxyl groups is 4. The Hall–Kier alpha value is -4.84. The summed E-state index contributed by atoms with van der Waals surface area (Å²) < 4.78 is 0. The average molecular weight is 472 g/mol. The SMILES string of the molecule is Cc1cc(O)c2cc3c(O)cc(=O)c4c5c(=O)cc(O)c6cc7c(O)cc(C)c8c1c2c(c34)c(c78)c65. The number of aryl methyl sites for hydroxylation is 2. The van der Waals surface area contributed by atoms with Crippen LogP contribution in [0.1, 0.15) is 11.1 Å². The van der Waals surface area contributed by atoms with Crippen molar-refractivity contribution < 1.29 is 20.4 Å². The Morgan fingerprint density at radius 1 is 0.389 bits per heavy atom. The highest BCUT2D eigenvalue weighted by molar-refractivity contribution is 6.50. The lowest BCUT2D eigenvalue weighted by Gasteiger charge is -2.24. The van der Waals surface area contributed by atoms with Crippen molar-refractivity contribution in [2.45, 2.75) is 13.8 Å². The molecule has 0 saturated carbocycles. The first-order chi connectivity index (χ1) is 17.2. The van der Waals surface area contributed by atoms with E-state index in [1.807, 2.05) is 13.8 Å². The molecule has 8 aromatic rings. The quantitative estimate of drug-likeness (QED) is 0.167. The molecule has 0 amide bonds. The van der Waals surface area contributed by atoms with Crippen LogP contribution in [0.2, 0.25) is 0 Å². The van der Waals surface area contributed by atoms with Crippen molar-refractivity contribution in [1.82, 2.24) is 0 Å². The molecule has 6 nitrogen and oxygen atoms in total. The van der Waals surface area contributed by atoms with E-state index in [2.05, 4.69) is 0 Å². The lowest BCUT2D eigenvalue weighted by molar-refractivity contribution is 0.479. The van der Waals surface area contributed by atoms with Crippen LogP contribution in [0.4, 0.5) is 0 Å². The van der Waals surface area contributed by atoms with Crippen LogP contribution in [0, 0.1) is 13.8 Å². The lowest BCUT2D eigenvalue weighted by atomic mass is 9.78. The highest BCUT2D eigenvalue weighted by Crippen LogP contribution is 2.55. The minimum atomic E-state index is -0.498. The van der Waals surface area contributed by atoms with Crippen molar-refractivity contribution in [3.05, 3.63) is 68.0 Å². The molecule has 0 aliphatic carbocycles. The van der Waals surface area contributed by atoms with Crippen LogP contribution >= 0.6 is 0 Å². The van der Waals surface area contributed by atoms with Crippen LogP contribution in [0.3, 0.4) is 0 Å². The first-order valence-electron chi connectivity index (χ1n) is 11.5. The molecule has 0 aliphatic heterocycles. The molecule has 0 fully saturated rings. The Kier molecular flexibility index (Phi) is 3.07. The molecule has 0 radical (unpaired) electrons. The Morgan fingerprint density at radius 2 is 0.694 bits per heavy atom. The molecule has 0 bridgehead atoms. The molecule has 4 N–H and O–H groups in total. The molecule has 172 valence electrons. The maximum Gasteiger partial charge on any atom is 0.190 e. The Bertz CT molecular complexity index is 2230. The van der Waals surface area contributed by atoms with Gasteiger partial charge in [-0.15, -0.1) is 0 Å². The van der Waals surface area contributed by atoms with Gasteiger partial charge in [0.25, 0.3) is 0 Å². The van der Waals surface area contributed by atoms with Gasteiger partial charge in [0.05, 0.1) is 0 Å². The van der Waals surface area contributed by atoms with Gasteiger partial charge in [0, 0.05) is 76.8 Å². The van der Waals surface area contributed by atoms with Gasteiger partial charge in [-0.3, -0.25) is 9.59 Å². The van der Waals surface area contributed by atoms with Crippen molar-refractivity contribution in [2.24, 2.45) is 0 Å². The van der Waals surface area contributed by atoms with E-state index in [4.69, 9.17) is 0 Å². The van der Waals surface area contributed by atoms with E-state index < -0.39 is 10.9 Å². The van der Waals surface area contributed by atoms with Crippen LogP contribution in [0.25, 0.3) is 75.4 Å². The number of benzene rings is 8. The zero-order valence-corrected chi connectivity index (χ0v) is 19.1. The molecule has 0 heterocycles. The summed E-state index contributed by atoms with van der Waals surface area (Å²) in [5, 5.41) is 51.1. The third kappa shape index (κ3) is 1.87. The van der Waals surface area contributed by atoms with Gasteiger partial charge >= 0.3 is 0 Å². The number of phenols is 4. The summed E-state index contributed by atoms with van der Waals surface area (Å²) in [5.74, 6) is -0.416. The molecule has 0 aromatic heterocycles. The Morgan fingerprint density at radius 3 is 1.06 bits per heavy atom. The molecule has 6 heteroatoms. The van der Waals surface area contributed by atoms with Crippen LogP contribution in [-0.2, 0) is 0 Å². The minimum absolute atomic E-state index is 0.0334.